The van der Waals surface area contributed by atoms with Crippen molar-refractivity contribution >= 4 is 17.5 Å². The van der Waals surface area contributed by atoms with Gasteiger partial charge in [-0.15, -0.1) is 0 Å². The van der Waals surface area contributed by atoms with E-state index < -0.39 is 0 Å². The van der Waals surface area contributed by atoms with Crippen LogP contribution in [0.5, 0.6) is 0 Å². The van der Waals surface area contributed by atoms with Crippen LogP contribution in [-0.2, 0) is 16.0 Å². The Labute approximate surface area is 154 Å². The molecule has 1 aromatic carbocycles. The van der Waals surface area contributed by atoms with E-state index in [0.717, 1.165) is 24.8 Å². The van der Waals surface area contributed by atoms with Gasteiger partial charge in [-0.3, -0.25) is 9.59 Å². The van der Waals surface area contributed by atoms with E-state index in [1.807, 2.05) is 12.1 Å². The van der Waals surface area contributed by atoms with E-state index in [4.69, 9.17) is 5.26 Å². The summed E-state index contributed by atoms with van der Waals surface area (Å²) in [7, 11) is 0. The van der Waals surface area contributed by atoms with Gasteiger partial charge in [-0.05, 0) is 74.0 Å². The molecule has 4 aliphatic rings. The van der Waals surface area contributed by atoms with Crippen molar-refractivity contribution < 1.29 is 9.59 Å². The Morgan fingerprint density at radius 1 is 1.04 bits per heavy atom. The van der Waals surface area contributed by atoms with Crippen molar-refractivity contribution in [2.45, 2.75) is 44.9 Å². The van der Waals surface area contributed by atoms with Crippen LogP contribution in [0.4, 0.5) is 5.69 Å². The molecule has 5 nitrogen and oxygen atoms in total. The molecule has 0 spiro atoms. The average molecular weight is 351 g/mol. The zero-order valence-corrected chi connectivity index (χ0v) is 15.0. The molecule has 4 saturated carbocycles. The van der Waals surface area contributed by atoms with Crippen LogP contribution in [0.25, 0.3) is 0 Å². The van der Waals surface area contributed by atoms with Gasteiger partial charge in [0.25, 0.3) is 0 Å². The van der Waals surface area contributed by atoms with Gasteiger partial charge < -0.3 is 10.6 Å². The molecule has 0 unspecified atom stereocenters. The summed E-state index contributed by atoms with van der Waals surface area (Å²) in [5, 5.41) is 14.4. The predicted octanol–water partition coefficient (Wildman–Crippen LogP) is 3.02. The Morgan fingerprint density at radius 3 is 2.15 bits per heavy atom. The van der Waals surface area contributed by atoms with E-state index in [-0.39, 0.29) is 23.8 Å². The Morgan fingerprint density at radius 2 is 1.62 bits per heavy atom. The highest BCUT2D eigenvalue weighted by Crippen LogP contribution is 2.60. The molecular formula is C21H25N3O2. The highest BCUT2D eigenvalue weighted by Gasteiger charge is 2.54. The second-order valence-corrected chi connectivity index (χ2v) is 8.46. The van der Waals surface area contributed by atoms with Gasteiger partial charge >= 0.3 is 0 Å². The Balaban J connectivity index is 1.30. The average Bonchev–Trinajstić information content (AvgIpc) is 2.60. The number of carbonyl (C=O) groups is 2. The van der Waals surface area contributed by atoms with Crippen LogP contribution in [0.1, 0.15) is 44.1 Å². The molecular weight excluding hydrogens is 326 g/mol. The molecule has 26 heavy (non-hydrogen) atoms. The maximum atomic E-state index is 12.8. The lowest BCUT2D eigenvalue weighted by atomic mass is 9.49. The molecule has 0 atom stereocenters. The van der Waals surface area contributed by atoms with Crippen molar-refractivity contribution in [2.75, 3.05) is 11.9 Å². The molecule has 5 rings (SSSR count). The summed E-state index contributed by atoms with van der Waals surface area (Å²) in [5.41, 5.74) is 1.38. The Bertz CT molecular complexity index is 712. The maximum Gasteiger partial charge on any atom is 0.243 e. The molecule has 0 saturated heterocycles. The normalized spacial score (nSPS) is 31.3. The smallest absolute Gasteiger partial charge is 0.243 e. The lowest BCUT2D eigenvalue weighted by Crippen LogP contribution is -2.54. The number of nitrogens with one attached hydrogen (secondary N) is 2. The number of hydrogen-bond acceptors (Lipinski definition) is 3. The van der Waals surface area contributed by atoms with Gasteiger partial charge in [0, 0.05) is 11.1 Å². The second-order valence-electron chi connectivity index (χ2n) is 8.46. The van der Waals surface area contributed by atoms with Crippen molar-refractivity contribution in [2.24, 2.45) is 23.2 Å². The van der Waals surface area contributed by atoms with E-state index in [1.165, 1.54) is 19.3 Å². The lowest BCUT2D eigenvalue weighted by Gasteiger charge is -2.55. The van der Waals surface area contributed by atoms with E-state index in [2.05, 4.69) is 16.7 Å². The lowest BCUT2D eigenvalue weighted by molar-refractivity contribution is -0.146. The Kier molecular flexibility index (Phi) is 4.44. The number of amides is 2. The number of nitriles is 1. The topological polar surface area (TPSA) is 82.0 Å². The summed E-state index contributed by atoms with van der Waals surface area (Å²) in [6.07, 6.45) is 7.28. The molecule has 136 valence electrons. The minimum absolute atomic E-state index is 0.0144. The van der Waals surface area contributed by atoms with Gasteiger partial charge in [-0.25, -0.2) is 0 Å². The Hall–Kier alpha value is -2.35. The molecule has 2 amide bonds. The van der Waals surface area contributed by atoms with Crippen molar-refractivity contribution in [3.63, 3.8) is 0 Å². The number of rotatable bonds is 5. The molecule has 0 aliphatic heterocycles. The van der Waals surface area contributed by atoms with Crippen LogP contribution in [0.3, 0.4) is 0 Å². The summed E-state index contributed by atoms with van der Waals surface area (Å²) in [5.74, 6) is 2.01. The van der Waals surface area contributed by atoms with Crippen LogP contribution < -0.4 is 10.6 Å². The van der Waals surface area contributed by atoms with Crippen LogP contribution in [-0.4, -0.2) is 18.4 Å². The molecule has 1 aromatic rings. The number of benzene rings is 1. The first-order chi connectivity index (χ1) is 12.6. The van der Waals surface area contributed by atoms with E-state index >= 15 is 0 Å². The highest BCUT2D eigenvalue weighted by atomic mass is 16.2. The first-order valence-corrected chi connectivity index (χ1v) is 9.60. The summed E-state index contributed by atoms with van der Waals surface area (Å²) >= 11 is 0. The minimum atomic E-state index is -0.214. The summed E-state index contributed by atoms with van der Waals surface area (Å²) in [4.78, 5) is 25.0. The van der Waals surface area contributed by atoms with Crippen molar-refractivity contribution in [3.8, 4) is 6.07 Å². The number of nitrogens with zero attached hydrogens (tertiary/aromatic N) is 1. The second kappa shape index (κ2) is 6.75. The van der Waals surface area contributed by atoms with Gasteiger partial charge in [0.1, 0.15) is 0 Å². The predicted molar refractivity (Wildman–Crippen MR) is 98.0 cm³/mol. The van der Waals surface area contributed by atoms with Gasteiger partial charge in [0.15, 0.2) is 0 Å². The standard InChI is InChI=1S/C21H25N3O2/c22-6-5-14-1-3-18(4-2-14)24-19(25)13-23-20(26)21-10-15-7-16(11-21)9-17(8-15)12-21/h1-4,15-17H,5,7-13H2,(H,23,26)(H,24,25). The van der Waals surface area contributed by atoms with Crippen molar-refractivity contribution in [3.05, 3.63) is 29.8 Å². The first kappa shape index (κ1) is 17.1. The summed E-state index contributed by atoms with van der Waals surface area (Å²) in [6, 6.07) is 9.32. The fraction of sp³-hybridized carbons (Fsp3) is 0.571. The number of hydrogen-bond donors (Lipinski definition) is 2. The zero-order chi connectivity index (χ0) is 18.1. The summed E-state index contributed by atoms with van der Waals surface area (Å²) in [6.45, 7) is 0.0144. The fourth-order valence-corrected chi connectivity index (χ4v) is 5.74. The molecule has 0 radical (unpaired) electrons. The van der Waals surface area contributed by atoms with Gasteiger partial charge in [-0.2, -0.15) is 5.26 Å². The molecule has 0 heterocycles. The minimum Gasteiger partial charge on any atom is -0.347 e. The number of anilines is 1. The fourth-order valence-electron chi connectivity index (χ4n) is 5.74. The van der Waals surface area contributed by atoms with Gasteiger partial charge in [0.2, 0.25) is 11.8 Å². The highest BCUT2D eigenvalue weighted by molar-refractivity contribution is 5.95. The number of carbonyl (C=O) groups excluding carboxylic acids is 2. The molecule has 2 N–H and O–H groups in total. The molecule has 0 aromatic heterocycles. The largest absolute Gasteiger partial charge is 0.347 e. The SMILES string of the molecule is N#CCc1ccc(NC(=O)CNC(=O)C23CC4CC(CC(C4)C2)C3)cc1. The van der Waals surface area contributed by atoms with Crippen LogP contribution in [0.2, 0.25) is 0 Å². The van der Waals surface area contributed by atoms with E-state index in [1.54, 1.807) is 12.1 Å². The van der Waals surface area contributed by atoms with Crippen LogP contribution in [0.15, 0.2) is 24.3 Å². The zero-order valence-electron chi connectivity index (χ0n) is 15.0. The van der Waals surface area contributed by atoms with Crippen LogP contribution >= 0.6 is 0 Å². The third kappa shape index (κ3) is 3.33. The summed E-state index contributed by atoms with van der Waals surface area (Å²) < 4.78 is 0. The monoisotopic (exact) mass is 351 g/mol. The molecule has 4 fully saturated rings. The van der Waals surface area contributed by atoms with Crippen LogP contribution in [0, 0.1) is 34.5 Å². The van der Waals surface area contributed by atoms with Gasteiger partial charge in [0.05, 0.1) is 19.0 Å². The van der Waals surface area contributed by atoms with E-state index in [9.17, 15) is 9.59 Å². The first-order valence-electron chi connectivity index (χ1n) is 9.60. The maximum absolute atomic E-state index is 12.8. The molecule has 4 bridgehead atoms. The van der Waals surface area contributed by atoms with E-state index in [0.29, 0.717) is 29.9 Å². The quantitative estimate of drug-likeness (QED) is 0.855. The molecule has 4 aliphatic carbocycles. The third-order valence-electron chi connectivity index (χ3n) is 6.45. The van der Waals surface area contributed by atoms with Crippen molar-refractivity contribution in [1.82, 2.24) is 5.32 Å². The van der Waals surface area contributed by atoms with Crippen molar-refractivity contribution in [1.29, 1.82) is 5.26 Å². The molecule has 5 heteroatoms. The van der Waals surface area contributed by atoms with Gasteiger partial charge in [-0.1, -0.05) is 12.1 Å². The third-order valence-corrected chi connectivity index (χ3v) is 6.45.